The van der Waals surface area contributed by atoms with Crippen molar-refractivity contribution < 1.29 is 14.3 Å². The molecule has 6 rings (SSSR count). The molecular weight excluding hydrogens is 743 g/mol. The summed E-state index contributed by atoms with van der Waals surface area (Å²) in [4.78, 5) is 38.3. The van der Waals surface area contributed by atoms with Crippen LogP contribution in [0.2, 0.25) is 10.0 Å². The summed E-state index contributed by atoms with van der Waals surface area (Å²) in [6.07, 6.45) is 12.2. The molecule has 2 aromatic carbocycles. The van der Waals surface area contributed by atoms with Crippen LogP contribution in [0.25, 0.3) is 0 Å². The molecule has 4 heterocycles. The smallest absolute Gasteiger partial charge is 0.237 e. The van der Waals surface area contributed by atoms with Crippen LogP contribution in [0.5, 0.6) is 11.8 Å². The third-order valence-corrected chi connectivity index (χ3v) is 11.5. The molecule has 0 saturated carbocycles. The van der Waals surface area contributed by atoms with E-state index < -0.39 is 0 Å². The maximum absolute atomic E-state index is 15.2. The van der Waals surface area contributed by atoms with E-state index in [1.54, 1.807) is 24.8 Å². The van der Waals surface area contributed by atoms with E-state index in [0.717, 1.165) is 87.2 Å². The summed E-state index contributed by atoms with van der Waals surface area (Å²) in [7, 11) is 0. The number of likely N-dealkylation sites (tertiary alicyclic amines) is 2. The number of carbonyl (C=O) groups is 1. The maximum Gasteiger partial charge on any atom is 0.237 e. The normalized spacial score (nSPS) is 17.7. The monoisotopic (exact) mass is 800 g/mol. The molecule has 56 heavy (non-hydrogen) atoms. The Labute approximate surface area is 343 Å². The SMILES string of the molecule is CC(C)(C)Oc1nccnc1CN1CCC(CC(C(=O)C(CC2CCN(Cc3nccnc3OC(C)(C)C)CC2)c2ccccc2Cl)c2ccccc2Cl)CC1. The molecule has 2 unspecified atom stereocenters. The van der Waals surface area contributed by atoms with Crippen molar-refractivity contribution >= 4 is 29.0 Å². The first-order valence-corrected chi connectivity index (χ1v) is 20.9. The van der Waals surface area contributed by atoms with Gasteiger partial charge in [-0.2, -0.15) is 0 Å². The lowest BCUT2D eigenvalue weighted by Crippen LogP contribution is -2.36. The van der Waals surface area contributed by atoms with Crippen molar-refractivity contribution in [3.8, 4) is 11.8 Å². The van der Waals surface area contributed by atoms with Gasteiger partial charge in [-0.05, 0) is 141 Å². The minimum atomic E-state index is -0.360. The number of rotatable bonds is 14. The number of aromatic nitrogens is 4. The number of halogens is 2. The highest BCUT2D eigenvalue weighted by atomic mass is 35.5. The number of ether oxygens (including phenoxy) is 2. The molecule has 0 radical (unpaired) electrons. The molecule has 2 aliphatic heterocycles. The third kappa shape index (κ3) is 11.7. The van der Waals surface area contributed by atoms with Crippen LogP contribution in [-0.4, -0.2) is 72.9 Å². The second kappa shape index (κ2) is 18.8. The van der Waals surface area contributed by atoms with Crippen LogP contribution in [0, 0.1) is 11.8 Å². The molecule has 2 saturated heterocycles. The lowest BCUT2D eigenvalue weighted by molar-refractivity contribution is -0.123. The molecule has 0 amide bonds. The van der Waals surface area contributed by atoms with E-state index in [9.17, 15) is 0 Å². The molecule has 4 aromatic rings. The van der Waals surface area contributed by atoms with Gasteiger partial charge in [0, 0.05) is 59.8 Å². The second-order valence-corrected chi connectivity index (χ2v) is 18.3. The first-order chi connectivity index (χ1) is 26.7. The Hall–Kier alpha value is -3.63. The Morgan fingerprint density at radius 3 is 1.34 bits per heavy atom. The Morgan fingerprint density at radius 1 is 0.625 bits per heavy atom. The van der Waals surface area contributed by atoms with Crippen LogP contribution in [0.3, 0.4) is 0 Å². The fourth-order valence-corrected chi connectivity index (χ4v) is 8.61. The van der Waals surface area contributed by atoms with Crippen molar-refractivity contribution in [3.63, 3.8) is 0 Å². The molecule has 2 atom stereocenters. The molecule has 2 fully saturated rings. The lowest BCUT2D eigenvalue weighted by Gasteiger charge is -2.36. The summed E-state index contributed by atoms with van der Waals surface area (Å²) in [5.74, 6) is 1.45. The van der Waals surface area contributed by atoms with Gasteiger partial charge in [-0.1, -0.05) is 59.6 Å². The van der Waals surface area contributed by atoms with Crippen LogP contribution < -0.4 is 9.47 Å². The van der Waals surface area contributed by atoms with Gasteiger partial charge >= 0.3 is 0 Å². The fraction of sp³-hybridized carbons (Fsp3) is 0.533. The van der Waals surface area contributed by atoms with E-state index in [-0.39, 0.29) is 28.8 Å². The van der Waals surface area contributed by atoms with Crippen LogP contribution in [-0.2, 0) is 17.9 Å². The highest BCUT2D eigenvalue weighted by molar-refractivity contribution is 6.32. The van der Waals surface area contributed by atoms with Crippen LogP contribution in [0.4, 0.5) is 0 Å². The zero-order valence-electron chi connectivity index (χ0n) is 33.9. The largest absolute Gasteiger partial charge is 0.471 e. The number of piperidine rings is 2. The molecular formula is C45H58Cl2N6O3. The minimum absolute atomic E-state index is 0.211. The molecule has 0 N–H and O–H groups in total. The summed E-state index contributed by atoms with van der Waals surface area (Å²) in [5.41, 5.74) is 2.81. The molecule has 9 nitrogen and oxygen atoms in total. The van der Waals surface area contributed by atoms with Gasteiger partial charge in [-0.25, -0.2) is 9.97 Å². The molecule has 0 aliphatic carbocycles. The highest BCUT2D eigenvalue weighted by Crippen LogP contribution is 2.42. The van der Waals surface area contributed by atoms with Crippen LogP contribution >= 0.6 is 23.2 Å². The van der Waals surface area contributed by atoms with Crippen LogP contribution in [0.1, 0.15) is 114 Å². The number of Topliss-reactive ketones (excluding diaryl/α,β-unsaturated/α-hetero) is 1. The number of hydrogen-bond acceptors (Lipinski definition) is 9. The number of benzene rings is 2. The fourth-order valence-electron chi connectivity index (χ4n) is 8.08. The van der Waals surface area contributed by atoms with E-state index in [4.69, 9.17) is 32.7 Å². The molecule has 0 bridgehead atoms. The summed E-state index contributed by atoms with van der Waals surface area (Å²) in [5, 5.41) is 1.28. The summed E-state index contributed by atoms with van der Waals surface area (Å²) in [6, 6.07) is 15.8. The second-order valence-electron chi connectivity index (χ2n) is 17.5. The number of carbonyl (C=O) groups excluding carboxylic acids is 1. The molecule has 2 aliphatic rings. The summed E-state index contributed by atoms with van der Waals surface area (Å²) >= 11 is 13.8. The van der Waals surface area contributed by atoms with E-state index in [0.29, 0.717) is 46.7 Å². The van der Waals surface area contributed by atoms with Gasteiger partial charge in [0.15, 0.2) is 0 Å². The van der Waals surface area contributed by atoms with Gasteiger partial charge in [-0.3, -0.25) is 24.6 Å². The van der Waals surface area contributed by atoms with Gasteiger partial charge in [0.1, 0.15) is 28.4 Å². The summed E-state index contributed by atoms with van der Waals surface area (Å²) < 4.78 is 12.3. The molecule has 300 valence electrons. The molecule has 11 heteroatoms. The van der Waals surface area contributed by atoms with Crippen molar-refractivity contribution in [3.05, 3.63) is 106 Å². The predicted molar refractivity (Wildman–Crippen MR) is 223 cm³/mol. The first-order valence-electron chi connectivity index (χ1n) is 20.2. The van der Waals surface area contributed by atoms with Crippen molar-refractivity contribution in [1.82, 2.24) is 29.7 Å². The average Bonchev–Trinajstić information content (AvgIpc) is 3.15. The van der Waals surface area contributed by atoms with Gasteiger partial charge in [0.05, 0.1) is 0 Å². The topological polar surface area (TPSA) is 93.6 Å². The Balaban J connectivity index is 1.15. The number of hydrogen-bond donors (Lipinski definition) is 0. The first kappa shape index (κ1) is 42.0. The van der Waals surface area contributed by atoms with Gasteiger partial charge < -0.3 is 9.47 Å². The van der Waals surface area contributed by atoms with Crippen molar-refractivity contribution in [2.24, 2.45) is 11.8 Å². The Bertz CT molecular complexity index is 1760. The molecule has 2 aromatic heterocycles. The standard InChI is InChI=1S/C45H58Cl2N6O3/c1-44(2,3)55-42-39(48-19-21-50-42)29-52-23-15-31(16-24-52)27-35(33-11-7-9-13-37(33)46)41(54)36(34-12-8-10-14-38(34)47)28-32-17-25-53(26-18-32)30-40-43(51-22-20-49-40)56-45(4,5)6/h7-14,19-22,31-32,35-36H,15-18,23-30H2,1-6H3. The Morgan fingerprint density at radius 2 is 0.982 bits per heavy atom. The van der Waals surface area contributed by atoms with E-state index >= 15 is 4.79 Å². The lowest BCUT2D eigenvalue weighted by atomic mass is 9.73. The minimum Gasteiger partial charge on any atom is -0.471 e. The quantitative estimate of drug-likeness (QED) is 0.124. The van der Waals surface area contributed by atoms with Crippen LogP contribution in [0.15, 0.2) is 73.3 Å². The number of ketones is 1. The van der Waals surface area contributed by atoms with E-state index in [2.05, 4.69) is 29.7 Å². The molecule has 0 spiro atoms. The van der Waals surface area contributed by atoms with Crippen molar-refractivity contribution in [2.75, 3.05) is 26.2 Å². The van der Waals surface area contributed by atoms with Crippen molar-refractivity contribution in [2.45, 2.75) is 116 Å². The van der Waals surface area contributed by atoms with E-state index in [1.165, 1.54) is 0 Å². The highest BCUT2D eigenvalue weighted by Gasteiger charge is 2.36. The van der Waals surface area contributed by atoms with Gasteiger partial charge in [-0.15, -0.1) is 0 Å². The van der Waals surface area contributed by atoms with Gasteiger partial charge in [0.2, 0.25) is 11.8 Å². The number of nitrogens with zero attached hydrogens (tertiary/aromatic N) is 6. The maximum atomic E-state index is 15.2. The average molecular weight is 802 g/mol. The third-order valence-electron chi connectivity index (χ3n) is 10.8. The zero-order valence-corrected chi connectivity index (χ0v) is 35.4. The Kier molecular flexibility index (Phi) is 14.1. The van der Waals surface area contributed by atoms with E-state index in [1.807, 2.05) is 90.1 Å². The van der Waals surface area contributed by atoms with Crippen molar-refractivity contribution in [1.29, 1.82) is 0 Å². The van der Waals surface area contributed by atoms with Gasteiger partial charge in [0.25, 0.3) is 0 Å². The predicted octanol–water partition coefficient (Wildman–Crippen LogP) is 9.97. The zero-order chi connectivity index (χ0) is 39.9. The summed E-state index contributed by atoms with van der Waals surface area (Å²) in [6.45, 7) is 17.1.